The summed E-state index contributed by atoms with van der Waals surface area (Å²) in [4.78, 5) is 0. The maximum atomic E-state index is 12.9. The zero-order valence-electron chi connectivity index (χ0n) is 8.63. The first kappa shape index (κ1) is 12.2. The van der Waals surface area contributed by atoms with Crippen molar-refractivity contribution < 1.29 is 13.2 Å². The van der Waals surface area contributed by atoms with Gasteiger partial charge in [0.1, 0.15) is 5.82 Å². The van der Waals surface area contributed by atoms with Crippen LogP contribution in [-0.2, 0) is 0 Å². The quantitative estimate of drug-likeness (QED) is 0.716. The lowest BCUT2D eigenvalue weighted by Crippen LogP contribution is -1.92. The number of benzene rings is 2. The van der Waals surface area contributed by atoms with Crippen LogP contribution in [0.1, 0.15) is 12.0 Å². The predicted molar refractivity (Wildman–Crippen MR) is 64.5 cm³/mol. The number of hydrogen-bond donors (Lipinski definition) is 0. The summed E-state index contributed by atoms with van der Waals surface area (Å²) < 4.78 is 39.0. The van der Waals surface area contributed by atoms with E-state index < -0.39 is 6.43 Å². The van der Waals surface area contributed by atoms with Crippen LogP contribution in [0.5, 0.6) is 0 Å². The van der Waals surface area contributed by atoms with Gasteiger partial charge in [0.25, 0.3) is 6.43 Å². The molecule has 0 N–H and O–H groups in total. The molecule has 0 bridgehead atoms. The van der Waals surface area contributed by atoms with E-state index >= 15 is 0 Å². The van der Waals surface area contributed by atoms with Gasteiger partial charge < -0.3 is 0 Å². The van der Waals surface area contributed by atoms with E-state index in [0.717, 1.165) is 0 Å². The lowest BCUT2D eigenvalue weighted by molar-refractivity contribution is 0.151. The van der Waals surface area contributed by atoms with Crippen molar-refractivity contribution in [2.24, 2.45) is 0 Å². The Morgan fingerprint density at radius 1 is 0.941 bits per heavy atom. The van der Waals surface area contributed by atoms with E-state index in [1.165, 1.54) is 24.3 Å². The molecule has 0 fully saturated rings. The molecule has 0 aliphatic heterocycles. The fourth-order valence-corrected chi connectivity index (χ4v) is 2.18. The van der Waals surface area contributed by atoms with E-state index in [1.807, 2.05) is 0 Å². The standard InChI is InChI=1S/C13H8BrF3/c14-11-3-1-2-10(12(11)13(16)17)8-4-6-9(15)7-5-8/h1-7,13H. The highest BCUT2D eigenvalue weighted by Crippen LogP contribution is 2.36. The van der Waals surface area contributed by atoms with E-state index in [9.17, 15) is 13.2 Å². The van der Waals surface area contributed by atoms with Gasteiger partial charge in [0.05, 0.1) is 0 Å². The van der Waals surface area contributed by atoms with Crippen LogP contribution in [0.15, 0.2) is 46.9 Å². The van der Waals surface area contributed by atoms with Crippen molar-refractivity contribution in [3.05, 3.63) is 58.3 Å². The van der Waals surface area contributed by atoms with Gasteiger partial charge in [0.15, 0.2) is 0 Å². The Balaban J connectivity index is 2.59. The summed E-state index contributed by atoms with van der Waals surface area (Å²) in [6, 6.07) is 10.3. The van der Waals surface area contributed by atoms with Crippen LogP contribution in [0, 0.1) is 5.82 Å². The maximum Gasteiger partial charge on any atom is 0.265 e. The lowest BCUT2D eigenvalue weighted by atomic mass is 10.00. The van der Waals surface area contributed by atoms with Crippen molar-refractivity contribution in [1.82, 2.24) is 0 Å². The molecule has 0 saturated heterocycles. The van der Waals surface area contributed by atoms with Crippen molar-refractivity contribution in [2.75, 3.05) is 0 Å². The van der Waals surface area contributed by atoms with Gasteiger partial charge in [0, 0.05) is 10.0 Å². The van der Waals surface area contributed by atoms with Crippen molar-refractivity contribution >= 4 is 15.9 Å². The molecular weight excluding hydrogens is 293 g/mol. The van der Waals surface area contributed by atoms with Crippen LogP contribution < -0.4 is 0 Å². The number of rotatable bonds is 2. The third-order valence-electron chi connectivity index (χ3n) is 2.43. The second kappa shape index (κ2) is 4.92. The van der Waals surface area contributed by atoms with Gasteiger partial charge in [-0.05, 0) is 29.3 Å². The van der Waals surface area contributed by atoms with E-state index in [0.29, 0.717) is 15.6 Å². The van der Waals surface area contributed by atoms with Gasteiger partial charge in [-0.3, -0.25) is 0 Å². The molecular formula is C13H8BrF3. The lowest BCUT2D eigenvalue weighted by Gasteiger charge is -2.11. The summed E-state index contributed by atoms with van der Waals surface area (Å²) >= 11 is 3.11. The fourth-order valence-electron chi connectivity index (χ4n) is 1.64. The highest BCUT2D eigenvalue weighted by molar-refractivity contribution is 9.10. The van der Waals surface area contributed by atoms with Gasteiger partial charge in [-0.15, -0.1) is 0 Å². The first-order valence-corrected chi connectivity index (χ1v) is 5.71. The van der Waals surface area contributed by atoms with Gasteiger partial charge in [-0.1, -0.05) is 40.2 Å². The van der Waals surface area contributed by atoms with Gasteiger partial charge in [-0.25, -0.2) is 13.2 Å². The van der Waals surface area contributed by atoms with Gasteiger partial charge in [-0.2, -0.15) is 0 Å². The molecule has 0 aliphatic carbocycles. The summed E-state index contributed by atoms with van der Waals surface area (Å²) in [5.41, 5.74) is 0.913. The molecule has 0 aliphatic rings. The number of hydrogen-bond acceptors (Lipinski definition) is 0. The zero-order chi connectivity index (χ0) is 12.4. The van der Waals surface area contributed by atoms with E-state index in [4.69, 9.17) is 0 Å². The topological polar surface area (TPSA) is 0 Å². The molecule has 0 spiro atoms. The molecule has 2 aromatic rings. The summed E-state index contributed by atoms with van der Waals surface area (Å²) in [6.07, 6.45) is -2.58. The van der Waals surface area contributed by atoms with E-state index in [-0.39, 0.29) is 11.4 Å². The third kappa shape index (κ3) is 2.52. The smallest absolute Gasteiger partial charge is 0.207 e. The molecule has 0 atom stereocenters. The van der Waals surface area contributed by atoms with Gasteiger partial charge >= 0.3 is 0 Å². The Kier molecular flexibility index (Phi) is 3.52. The molecule has 0 saturated carbocycles. The second-order valence-corrected chi connectivity index (χ2v) is 4.36. The normalized spacial score (nSPS) is 10.9. The molecule has 0 nitrogen and oxygen atoms in total. The van der Waals surface area contributed by atoms with E-state index in [1.54, 1.807) is 18.2 Å². The monoisotopic (exact) mass is 300 g/mol. The summed E-state index contributed by atoms with van der Waals surface area (Å²) in [5.74, 6) is -0.387. The molecule has 0 aromatic heterocycles. The number of halogens is 4. The molecule has 4 heteroatoms. The highest BCUT2D eigenvalue weighted by Gasteiger charge is 2.17. The minimum absolute atomic E-state index is 0.0703. The predicted octanol–water partition coefficient (Wildman–Crippen LogP) is 5.19. The van der Waals surface area contributed by atoms with Crippen LogP contribution in [-0.4, -0.2) is 0 Å². The minimum atomic E-state index is -2.58. The Morgan fingerprint density at radius 3 is 2.18 bits per heavy atom. The zero-order valence-corrected chi connectivity index (χ0v) is 10.2. The molecule has 0 heterocycles. The third-order valence-corrected chi connectivity index (χ3v) is 3.12. The Labute approximate surface area is 105 Å². The van der Waals surface area contributed by atoms with Crippen molar-refractivity contribution in [2.45, 2.75) is 6.43 Å². The highest BCUT2D eigenvalue weighted by atomic mass is 79.9. The molecule has 0 amide bonds. The molecule has 17 heavy (non-hydrogen) atoms. The second-order valence-electron chi connectivity index (χ2n) is 3.51. The maximum absolute atomic E-state index is 12.9. The average Bonchev–Trinajstić information content (AvgIpc) is 2.29. The van der Waals surface area contributed by atoms with Crippen molar-refractivity contribution in [1.29, 1.82) is 0 Å². The molecule has 2 rings (SSSR count). The largest absolute Gasteiger partial charge is 0.265 e. The summed E-state index contributed by atoms with van der Waals surface area (Å²) in [5, 5.41) is 0. The molecule has 88 valence electrons. The van der Waals surface area contributed by atoms with Crippen LogP contribution in [0.25, 0.3) is 11.1 Å². The first-order valence-electron chi connectivity index (χ1n) is 4.92. The molecule has 0 unspecified atom stereocenters. The Hall–Kier alpha value is -1.29. The fraction of sp³-hybridized carbons (Fsp3) is 0.0769. The van der Waals surface area contributed by atoms with Crippen molar-refractivity contribution in [3.8, 4) is 11.1 Å². The summed E-state index contributed by atoms with van der Waals surface area (Å²) in [6.45, 7) is 0. The van der Waals surface area contributed by atoms with Crippen LogP contribution in [0.4, 0.5) is 13.2 Å². The van der Waals surface area contributed by atoms with Gasteiger partial charge in [0.2, 0.25) is 0 Å². The Morgan fingerprint density at radius 2 is 1.59 bits per heavy atom. The average molecular weight is 301 g/mol. The van der Waals surface area contributed by atoms with Crippen LogP contribution >= 0.6 is 15.9 Å². The number of alkyl halides is 2. The van der Waals surface area contributed by atoms with Crippen LogP contribution in [0.2, 0.25) is 0 Å². The summed E-state index contributed by atoms with van der Waals surface area (Å²) in [7, 11) is 0. The van der Waals surface area contributed by atoms with Crippen LogP contribution in [0.3, 0.4) is 0 Å². The minimum Gasteiger partial charge on any atom is -0.207 e. The Bertz CT molecular complexity index is 521. The SMILES string of the molecule is Fc1ccc(-c2cccc(Br)c2C(F)F)cc1. The molecule has 2 aromatic carbocycles. The first-order chi connectivity index (χ1) is 8.09. The molecule has 0 radical (unpaired) electrons. The van der Waals surface area contributed by atoms with E-state index in [2.05, 4.69) is 15.9 Å². The van der Waals surface area contributed by atoms with Crippen molar-refractivity contribution in [3.63, 3.8) is 0 Å².